The second-order valence-corrected chi connectivity index (χ2v) is 9.48. The van der Waals surface area contributed by atoms with Crippen LogP contribution in [-0.4, -0.2) is 54.2 Å². The van der Waals surface area contributed by atoms with E-state index < -0.39 is 36.8 Å². The van der Waals surface area contributed by atoms with Gasteiger partial charge in [-0.15, -0.1) is 0 Å². The second-order valence-electron chi connectivity index (χ2n) is 7.03. The number of esters is 2. The Kier molecular flexibility index (Phi) is 5.64. The normalized spacial score (nSPS) is 26.0. The molecule has 0 radical (unpaired) electrons. The van der Waals surface area contributed by atoms with Crippen LogP contribution in [0.2, 0.25) is 0 Å². The minimum atomic E-state index is -3.71. The third-order valence-corrected chi connectivity index (χ3v) is 8.20. The molecule has 3 unspecified atom stereocenters. The molecule has 3 atom stereocenters. The summed E-state index contributed by atoms with van der Waals surface area (Å²) in [6.07, 6.45) is 0. The van der Waals surface area contributed by atoms with E-state index in [0.29, 0.717) is 11.1 Å². The maximum absolute atomic E-state index is 14.2. The minimum absolute atomic E-state index is 0.231. The largest absolute Gasteiger partial charge is 0.463 e. The molecule has 8 nitrogen and oxygen atoms in total. The lowest BCUT2D eigenvalue weighted by Gasteiger charge is -2.29. The van der Waals surface area contributed by atoms with Crippen molar-refractivity contribution in [3.63, 3.8) is 0 Å². The van der Waals surface area contributed by atoms with E-state index >= 15 is 0 Å². The SMILES string of the molecule is O=C(OCCO)C1C(C(=O)OCCO)C1P1(=O)Oc2ccccc2-c2ccccc21. The van der Waals surface area contributed by atoms with E-state index in [1.165, 1.54) is 0 Å². The quantitative estimate of drug-likeness (QED) is 0.497. The van der Waals surface area contributed by atoms with Gasteiger partial charge in [-0.3, -0.25) is 14.2 Å². The Morgan fingerprint density at radius 3 is 2.00 bits per heavy atom. The Morgan fingerprint density at radius 2 is 1.40 bits per heavy atom. The number of hydrogen-bond acceptors (Lipinski definition) is 8. The highest BCUT2D eigenvalue weighted by Crippen LogP contribution is 2.69. The van der Waals surface area contributed by atoms with Crippen molar-refractivity contribution in [3.8, 4) is 16.9 Å². The molecule has 1 aliphatic heterocycles. The lowest BCUT2D eigenvalue weighted by atomic mass is 10.0. The van der Waals surface area contributed by atoms with E-state index in [0.717, 1.165) is 11.1 Å². The van der Waals surface area contributed by atoms with E-state index in [4.69, 9.17) is 24.2 Å². The zero-order chi connectivity index (χ0) is 21.3. The van der Waals surface area contributed by atoms with Gasteiger partial charge < -0.3 is 24.2 Å². The van der Waals surface area contributed by atoms with Crippen LogP contribution in [0, 0.1) is 11.8 Å². The molecule has 0 saturated heterocycles. The van der Waals surface area contributed by atoms with E-state index in [2.05, 4.69) is 0 Å². The molecule has 1 aliphatic carbocycles. The topological polar surface area (TPSA) is 119 Å². The summed E-state index contributed by atoms with van der Waals surface area (Å²) in [7, 11) is -3.71. The molecule has 2 aliphatic rings. The summed E-state index contributed by atoms with van der Waals surface area (Å²) in [5.74, 6) is -3.11. The summed E-state index contributed by atoms with van der Waals surface area (Å²) in [5, 5.41) is 18.3. The molecule has 1 fully saturated rings. The molecule has 4 rings (SSSR count). The number of fused-ring (bicyclic) bond motifs is 3. The molecular weight excluding hydrogens is 411 g/mol. The van der Waals surface area contributed by atoms with Crippen molar-refractivity contribution in [2.75, 3.05) is 26.4 Å². The highest BCUT2D eigenvalue weighted by Gasteiger charge is 2.70. The van der Waals surface area contributed by atoms with Gasteiger partial charge in [-0.2, -0.15) is 0 Å². The van der Waals surface area contributed by atoms with Gasteiger partial charge in [-0.05, 0) is 17.7 Å². The maximum Gasteiger partial charge on any atom is 0.310 e. The fourth-order valence-corrected chi connectivity index (χ4v) is 7.11. The first-order valence-corrected chi connectivity index (χ1v) is 11.3. The molecule has 1 saturated carbocycles. The summed E-state index contributed by atoms with van der Waals surface area (Å²) in [4.78, 5) is 25.1. The standard InChI is InChI=1S/C21H21O8P/c22-9-11-27-20(24)17-18(21(25)28-12-10-23)19(17)30(26)16-8-4-2-6-14(16)13-5-1-3-7-15(13)29-30/h1-8,17-19,22-23H,9-12H2. The zero-order valence-electron chi connectivity index (χ0n) is 16.0. The van der Waals surface area contributed by atoms with Crippen LogP contribution >= 0.6 is 7.37 Å². The Balaban J connectivity index is 1.74. The summed E-state index contributed by atoms with van der Waals surface area (Å²) in [5.41, 5.74) is 0.544. The number of carbonyl (C=O) groups excluding carboxylic acids is 2. The van der Waals surface area contributed by atoms with Gasteiger partial charge in [0.05, 0.1) is 36.0 Å². The average molecular weight is 432 g/mol. The summed E-state index contributed by atoms with van der Waals surface area (Å²) in [6, 6.07) is 14.2. The first-order chi connectivity index (χ1) is 14.5. The zero-order valence-corrected chi connectivity index (χ0v) is 16.9. The van der Waals surface area contributed by atoms with Crippen molar-refractivity contribution < 1.29 is 38.4 Å². The van der Waals surface area contributed by atoms with Crippen LogP contribution in [-0.2, 0) is 23.6 Å². The fraction of sp³-hybridized carbons (Fsp3) is 0.333. The van der Waals surface area contributed by atoms with Crippen LogP contribution in [0.15, 0.2) is 48.5 Å². The molecule has 0 aromatic heterocycles. The molecule has 0 bridgehead atoms. The molecule has 2 aromatic rings. The number of benzene rings is 2. The van der Waals surface area contributed by atoms with Crippen molar-refractivity contribution >= 4 is 24.6 Å². The number of rotatable bonds is 7. The van der Waals surface area contributed by atoms with E-state index in [9.17, 15) is 14.2 Å². The molecule has 30 heavy (non-hydrogen) atoms. The van der Waals surface area contributed by atoms with E-state index in [-0.39, 0.29) is 26.4 Å². The smallest absolute Gasteiger partial charge is 0.310 e. The van der Waals surface area contributed by atoms with Gasteiger partial charge in [0.2, 0.25) is 0 Å². The van der Waals surface area contributed by atoms with Gasteiger partial charge in [0.15, 0.2) is 0 Å². The molecular formula is C21H21O8P. The van der Waals surface area contributed by atoms with Crippen molar-refractivity contribution in [2.24, 2.45) is 11.8 Å². The average Bonchev–Trinajstić information content (AvgIpc) is 3.53. The number of aliphatic hydroxyl groups excluding tert-OH is 2. The Labute approximate surface area is 172 Å². The fourth-order valence-electron chi connectivity index (χ4n) is 3.93. The van der Waals surface area contributed by atoms with Crippen LogP contribution < -0.4 is 9.83 Å². The van der Waals surface area contributed by atoms with Gasteiger partial charge in [-0.1, -0.05) is 36.4 Å². The molecule has 9 heteroatoms. The van der Waals surface area contributed by atoms with Gasteiger partial charge in [0.1, 0.15) is 19.0 Å². The predicted octanol–water partition coefficient (Wildman–Crippen LogP) is 1.33. The predicted molar refractivity (Wildman–Crippen MR) is 107 cm³/mol. The Morgan fingerprint density at radius 1 is 0.867 bits per heavy atom. The molecule has 0 amide bonds. The van der Waals surface area contributed by atoms with Crippen LogP contribution in [0.3, 0.4) is 0 Å². The Hall–Kier alpha value is -2.67. The van der Waals surface area contributed by atoms with Crippen molar-refractivity contribution in [3.05, 3.63) is 48.5 Å². The highest BCUT2D eigenvalue weighted by atomic mass is 31.2. The molecule has 158 valence electrons. The van der Waals surface area contributed by atoms with Crippen molar-refractivity contribution in [1.29, 1.82) is 0 Å². The molecule has 1 heterocycles. The van der Waals surface area contributed by atoms with Crippen LogP contribution in [0.25, 0.3) is 11.1 Å². The first-order valence-electron chi connectivity index (χ1n) is 9.56. The van der Waals surface area contributed by atoms with Crippen molar-refractivity contribution in [1.82, 2.24) is 0 Å². The second kappa shape index (κ2) is 8.22. The maximum atomic E-state index is 14.2. The van der Waals surface area contributed by atoms with Gasteiger partial charge in [-0.25, -0.2) is 0 Å². The summed E-state index contributed by atoms with van der Waals surface area (Å²) in [6.45, 7) is -1.20. The van der Waals surface area contributed by atoms with Crippen molar-refractivity contribution in [2.45, 2.75) is 5.66 Å². The third-order valence-electron chi connectivity index (χ3n) is 5.24. The highest BCUT2D eigenvalue weighted by molar-refractivity contribution is 7.69. The van der Waals surface area contributed by atoms with Crippen LogP contribution in [0.4, 0.5) is 0 Å². The Bertz CT molecular complexity index is 994. The summed E-state index contributed by atoms with van der Waals surface area (Å²) >= 11 is 0. The van der Waals surface area contributed by atoms with Crippen LogP contribution in [0.5, 0.6) is 5.75 Å². The monoisotopic (exact) mass is 432 g/mol. The number of ether oxygens (including phenoxy) is 2. The lowest BCUT2D eigenvalue weighted by Crippen LogP contribution is -2.23. The number of hydrogen-bond donors (Lipinski definition) is 2. The van der Waals surface area contributed by atoms with E-state index in [1.54, 1.807) is 24.3 Å². The lowest BCUT2D eigenvalue weighted by molar-refractivity contribution is -0.152. The molecule has 2 N–H and O–H groups in total. The minimum Gasteiger partial charge on any atom is -0.463 e. The third kappa shape index (κ3) is 3.41. The van der Waals surface area contributed by atoms with Gasteiger partial charge in [0, 0.05) is 5.56 Å². The molecule has 0 spiro atoms. The van der Waals surface area contributed by atoms with E-state index in [1.807, 2.05) is 24.3 Å². The summed E-state index contributed by atoms with van der Waals surface area (Å²) < 4.78 is 30.2. The first kappa shape index (κ1) is 20.6. The van der Waals surface area contributed by atoms with Gasteiger partial charge in [0.25, 0.3) is 7.37 Å². The number of aliphatic hydroxyl groups is 2. The number of para-hydroxylation sites is 1. The van der Waals surface area contributed by atoms with Crippen LogP contribution in [0.1, 0.15) is 0 Å². The molecule has 2 aromatic carbocycles. The van der Waals surface area contributed by atoms with Gasteiger partial charge >= 0.3 is 11.9 Å². The number of carbonyl (C=O) groups is 2.